The predicted octanol–water partition coefficient (Wildman–Crippen LogP) is 6.33. The number of benzene rings is 2. The molecule has 0 aliphatic heterocycles. The molecule has 0 spiro atoms. The van der Waals surface area contributed by atoms with Crippen molar-refractivity contribution < 1.29 is 9.47 Å². The number of rotatable bonds is 6. The molecule has 0 saturated carbocycles. The van der Waals surface area contributed by atoms with Crippen molar-refractivity contribution in [1.29, 1.82) is 0 Å². The molecule has 0 fully saturated rings. The summed E-state index contributed by atoms with van der Waals surface area (Å²) in [4.78, 5) is 0. The fraction of sp³-hybridized carbons (Fsp3) is 0.238. The second-order valence-corrected chi connectivity index (χ2v) is 5.24. The van der Waals surface area contributed by atoms with E-state index in [4.69, 9.17) is 9.47 Å². The van der Waals surface area contributed by atoms with E-state index in [1.165, 1.54) is 11.1 Å². The van der Waals surface area contributed by atoms with Gasteiger partial charge >= 0.3 is 0 Å². The Morgan fingerprint density at radius 2 is 1.74 bits per heavy atom. The predicted molar refractivity (Wildman–Crippen MR) is 98.2 cm³/mol. The van der Waals surface area contributed by atoms with Gasteiger partial charge in [0.15, 0.2) is 11.5 Å². The van der Waals surface area contributed by atoms with Gasteiger partial charge in [-0.05, 0) is 68.7 Å². The fourth-order valence-electron chi connectivity index (χ4n) is 2.25. The lowest BCUT2D eigenvalue weighted by Crippen LogP contribution is -1.95. The molecule has 2 rings (SSSR count). The SMILES string of the molecule is C/C=C/c1ccc(OCC)c(Oc2ccc(/C(C)=C/C)cc2)c1. The van der Waals surface area contributed by atoms with Crippen LogP contribution in [-0.2, 0) is 0 Å². The van der Waals surface area contributed by atoms with Gasteiger partial charge < -0.3 is 9.47 Å². The molecule has 120 valence electrons. The minimum absolute atomic E-state index is 0.610. The highest BCUT2D eigenvalue weighted by Gasteiger charge is 2.07. The van der Waals surface area contributed by atoms with Crippen LogP contribution in [0.3, 0.4) is 0 Å². The molecule has 2 heteroatoms. The maximum absolute atomic E-state index is 6.04. The lowest BCUT2D eigenvalue weighted by molar-refractivity contribution is 0.321. The second kappa shape index (κ2) is 8.23. The Morgan fingerprint density at radius 1 is 1.00 bits per heavy atom. The van der Waals surface area contributed by atoms with E-state index in [0.29, 0.717) is 6.61 Å². The minimum atomic E-state index is 0.610. The zero-order valence-corrected chi connectivity index (χ0v) is 14.3. The molecule has 0 radical (unpaired) electrons. The van der Waals surface area contributed by atoms with E-state index in [2.05, 4.69) is 25.1 Å². The van der Waals surface area contributed by atoms with Crippen molar-refractivity contribution in [2.24, 2.45) is 0 Å². The lowest BCUT2D eigenvalue weighted by atomic mass is 10.1. The average Bonchev–Trinajstić information content (AvgIpc) is 2.57. The summed E-state index contributed by atoms with van der Waals surface area (Å²) >= 11 is 0. The highest BCUT2D eigenvalue weighted by molar-refractivity contribution is 5.64. The van der Waals surface area contributed by atoms with Gasteiger partial charge in [-0.1, -0.05) is 36.4 Å². The molecule has 0 aliphatic rings. The first-order valence-electron chi connectivity index (χ1n) is 7.98. The third-order valence-corrected chi connectivity index (χ3v) is 3.60. The monoisotopic (exact) mass is 308 g/mol. The maximum Gasteiger partial charge on any atom is 0.169 e. The largest absolute Gasteiger partial charge is 0.490 e. The quantitative estimate of drug-likeness (QED) is 0.620. The molecule has 0 heterocycles. The standard InChI is InChI=1S/C21H24O2/c1-5-8-17-9-14-20(22-7-3)21(15-17)23-19-12-10-18(11-13-19)16(4)6-2/h5-6,8-15H,7H2,1-4H3/b8-5+,16-6+. The Labute approximate surface area is 139 Å². The first kappa shape index (κ1) is 16.9. The van der Waals surface area contributed by atoms with Crippen molar-refractivity contribution in [1.82, 2.24) is 0 Å². The van der Waals surface area contributed by atoms with Crippen LogP contribution in [0, 0.1) is 0 Å². The maximum atomic E-state index is 6.04. The fourth-order valence-corrected chi connectivity index (χ4v) is 2.25. The van der Waals surface area contributed by atoms with Crippen LogP contribution < -0.4 is 9.47 Å². The number of hydrogen-bond acceptors (Lipinski definition) is 2. The first-order valence-corrected chi connectivity index (χ1v) is 7.98. The average molecular weight is 308 g/mol. The Bertz CT molecular complexity index is 694. The topological polar surface area (TPSA) is 18.5 Å². The summed E-state index contributed by atoms with van der Waals surface area (Å²) in [6.45, 7) is 8.72. The van der Waals surface area contributed by atoms with Crippen molar-refractivity contribution in [2.75, 3.05) is 6.61 Å². The molecule has 2 aromatic carbocycles. The van der Waals surface area contributed by atoms with Crippen LogP contribution in [-0.4, -0.2) is 6.61 Å². The van der Waals surface area contributed by atoms with Gasteiger partial charge in [0.05, 0.1) is 6.61 Å². The van der Waals surface area contributed by atoms with Crippen molar-refractivity contribution >= 4 is 11.6 Å². The van der Waals surface area contributed by atoms with E-state index < -0.39 is 0 Å². The summed E-state index contributed by atoms with van der Waals surface area (Å²) in [6.07, 6.45) is 6.15. The van der Waals surface area contributed by atoms with Gasteiger partial charge in [-0.15, -0.1) is 0 Å². The summed E-state index contributed by atoms with van der Waals surface area (Å²) in [6, 6.07) is 14.1. The molecular weight excluding hydrogens is 284 g/mol. The lowest BCUT2D eigenvalue weighted by Gasteiger charge is -2.13. The van der Waals surface area contributed by atoms with Gasteiger partial charge in [0.25, 0.3) is 0 Å². The minimum Gasteiger partial charge on any atom is -0.490 e. The number of hydrogen-bond donors (Lipinski definition) is 0. The number of ether oxygens (including phenoxy) is 2. The van der Waals surface area contributed by atoms with Crippen LogP contribution in [0.4, 0.5) is 0 Å². The van der Waals surface area contributed by atoms with E-state index >= 15 is 0 Å². The van der Waals surface area contributed by atoms with Crippen LogP contribution in [0.1, 0.15) is 38.8 Å². The molecule has 23 heavy (non-hydrogen) atoms. The highest BCUT2D eigenvalue weighted by Crippen LogP contribution is 2.33. The highest BCUT2D eigenvalue weighted by atomic mass is 16.5. The molecule has 0 amide bonds. The molecular formula is C21H24O2. The van der Waals surface area contributed by atoms with Gasteiger partial charge in [-0.2, -0.15) is 0 Å². The van der Waals surface area contributed by atoms with E-state index in [0.717, 1.165) is 22.8 Å². The Kier molecular flexibility index (Phi) is 6.04. The summed E-state index contributed by atoms with van der Waals surface area (Å²) in [5.41, 5.74) is 3.54. The van der Waals surface area contributed by atoms with E-state index in [-0.39, 0.29) is 0 Å². The normalized spacial score (nSPS) is 11.7. The van der Waals surface area contributed by atoms with E-state index in [1.807, 2.05) is 63.3 Å². The molecule has 0 unspecified atom stereocenters. The summed E-state index contributed by atoms with van der Waals surface area (Å²) in [7, 11) is 0. The van der Waals surface area contributed by atoms with Crippen LogP contribution in [0.15, 0.2) is 54.6 Å². The summed E-state index contributed by atoms with van der Waals surface area (Å²) in [5, 5.41) is 0. The van der Waals surface area contributed by atoms with Crippen molar-refractivity contribution in [3.05, 3.63) is 65.7 Å². The summed E-state index contributed by atoms with van der Waals surface area (Å²) < 4.78 is 11.7. The number of allylic oxidation sites excluding steroid dienone is 3. The van der Waals surface area contributed by atoms with Gasteiger partial charge in [-0.3, -0.25) is 0 Å². The Balaban J connectivity index is 2.28. The van der Waals surface area contributed by atoms with Crippen LogP contribution in [0.25, 0.3) is 11.6 Å². The molecule has 0 saturated heterocycles. The van der Waals surface area contributed by atoms with Crippen LogP contribution in [0.2, 0.25) is 0 Å². The van der Waals surface area contributed by atoms with Gasteiger partial charge in [0, 0.05) is 0 Å². The van der Waals surface area contributed by atoms with Crippen LogP contribution >= 0.6 is 0 Å². The smallest absolute Gasteiger partial charge is 0.169 e. The van der Waals surface area contributed by atoms with Crippen molar-refractivity contribution in [2.45, 2.75) is 27.7 Å². The third-order valence-electron chi connectivity index (χ3n) is 3.60. The van der Waals surface area contributed by atoms with Crippen molar-refractivity contribution in [3.63, 3.8) is 0 Å². The van der Waals surface area contributed by atoms with Crippen molar-refractivity contribution in [3.8, 4) is 17.2 Å². The van der Waals surface area contributed by atoms with E-state index in [1.54, 1.807) is 0 Å². The Morgan fingerprint density at radius 3 is 2.35 bits per heavy atom. The molecule has 0 atom stereocenters. The first-order chi connectivity index (χ1) is 11.2. The molecule has 0 aromatic heterocycles. The zero-order valence-electron chi connectivity index (χ0n) is 14.3. The van der Waals surface area contributed by atoms with Gasteiger partial charge in [0.2, 0.25) is 0 Å². The van der Waals surface area contributed by atoms with E-state index in [9.17, 15) is 0 Å². The van der Waals surface area contributed by atoms with Crippen LogP contribution in [0.5, 0.6) is 17.2 Å². The van der Waals surface area contributed by atoms with Gasteiger partial charge in [0.1, 0.15) is 5.75 Å². The molecule has 0 N–H and O–H groups in total. The summed E-state index contributed by atoms with van der Waals surface area (Å²) in [5.74, 6) is 2.30. The van der Waals surface area contributed by atoms with Gasteiger partial charge in [-0.25, -0.2) is 0 Å². The molecule has 2 aromatic rings. The Hall–Kier alpha value is -2.48. The third kappa shape index (κ3) is 4.49. The zero-order chi connectivity index (χ0) is 16.7. The molecule has 0 aliphatic carbocycles. The molecule has 2 nitrogen and oxygen atoms in total. The molecule has 0 bridgehead atoms. The second-order valence-electron chi connectivity index (χ2n) is 5.24.